The summed E-state index contributed by atoms with van der Waals surface area (Å²) in [6.45, 7) is 9.06. The molecule has 8 nitrogen and oxygen atoms in total. The number of hydrogen-bond donors (Lipinski definition) is 1. The van der Waals surface area contributed by atoms with Gasteiger partial charge in [0, 0.05) is 41.4 Å². The SMILES string of the molecule is CC1COCCN1c1nc(-c2ccnc3[nH]ccc23)nc2c1CN(C(=O)C1CC1)C2(C)C. The second-order valence-corrected chi connectivity index (χ2v) is 9.67. The van der Waals surface area contributed by atoms with E-state index in [1.807, 2.05) is 23.2 Å². The molecule has 0 spiro atoms. The second-order valence-electron chi connectivity index (χ2n) is 9.67. The Kier molecular flexibility index (Phi) is 4.30. The number of nitrogens with one attached hydrogen (secondary N) is 1. The summed E-state index contributed by atoms with van der Waals surface area (Å²) in [6.07, 6.45) is 5.67. The lowest BCUT2D eigenvalue weighted by atomic mass is 9.98. The van der Waals surface area contributed by atoms with E-state index >= 15 is 0 Å². The van der Waals surface area contributed by atoms with Crippen LogP contribution in [0.5, 0.6) is 0 Å². The predicted molar refractivity (Wildman–Crippen MR) is 121 cm³/mol. The maximum absolute atomic E-state index is 13.2. The van der Waals surface area contributed by atoms with Gasteiger partial charge in [0.1, 0.15) is 11.5 Å². The van der Waals surface area contributed by atoms with Gasteiger partial charge in [-0.15, -0.1) is 0 Å². The lowest BCUT2D eigenvalue weighted by Crippen LogP contribution is -2.44. The van der Waals surface area contributed by atoms with Gasteiger partial charge in [0.2, 0.25) is 5.91 Å². The first kappa shape index (κ1) is 19.7. The average molecular weight is 433 g/mol. The van der Waals surface area contributed by atoms with Crippen LogP contribution in [-0.4, -0.2) is 56.5 Å². The van der Waals surface area contributed by atoms with E-state index in [0.29, 0.717) is 25.6 Å². The van der Waals surface area contributed by atoms with Crippen LogP contribution in [0.15, 0.2) is 24.5 Å². The minimum absolute atomic E-state index is 0.168. The van der Waals surface area contributed by atoms with Crippen LogP contribution in [-0.2, 0) is 21.6 Å². The summed E-state index contributed by atoms with van der Waals surface area (Å²) in [4.78, 5) is 35.3. The fourth-order valence-corrected chi connectivity index (χ4v) is 5.07. The Balaban J connectivity index is 1.55. The smallest absolute Gasteiger partial charge is 0.226 e. The van der Waals surface area contributed by atoms with Crippen molar-refractivity contribution in [3.63, 3.8) is 0 Å². The van der Waals surface area contributed by atoms with E-state index in [1.165, 1.54) is 0 Å². The highest BCUT2D eigenvalue weighted by Gasteiger charge is 2.48. The van der Waals surface area contributed by atoms with E-state index in [2.05, 4.69) is 35.6 Å². The molecule has 32 heavy (non-hydrogen) atoms. The summed E-state index contributed by atoms with van der Waals surface area (Å²) < 4.78 is 5.69. The zero-order chi connectivity index (χ0) is 22.0. The van der Waals surface area contributed by atoms with Crippen LogP contribution in [0.25, 0.3) is 22.4 Å². The monoisotopic (exact) mass is 432 g/mol. The number of H-pyrrole nitrogens is 1. The highest BCUT2D eigenvalue weighted by atomic mass is 16.5. The van der Waals surface area contributed by atoms with Crippen LogP contribution in [0.1, 0.15) is 44.9 Å². The summed E-state index contributed by atoms with van der Waals surface area (Å²) in [5.41, 5.74) is 3.30. The van der Waals surface area contributed by atoms with E-state index in [0.717, 1.165) is 53.1 Å². The van der Waals surface area contributed by atoms with Gasteiger partial charge in [0.15, 0.2) is 5.82 Å². The van der Waals surface area contributed by atoms with Crippen molar-refractivity contribution < 1.29 is 9.53 Å². The van der Waals surface area contributed by atoms with E-state index in [9.17, 15) is 4.79 Å². The minimum atomic E-state index is -0.485. The lowest BCUT2D eigenvalue weighted by Gasteiger charge is -2.35. The zero-order valence-corrected chi connectivity index (χ0v) is 18.8. The van der Waals surface area contributed by atoms with Crippen LogP contribution in [0.2, 0.25) is 0 Å². The maximum Gasteiger partial charge on any atom is 0.226 e. The Morgan fingerprint density at radius 2 is 2.09 bits per heavy atom. The highest BCUT2D eigenvalue weighted by molar-refractivity contribution is 5.91. The molecule has 2 fully saturated rings. The first-order valence-corrected chi connectivity index (χ1v) is 11.4. The molecule has 3 aliphatic rings. The van der Waals surface area contributed by atoms with Crippen LogP contribution < -0.4 is 4.90 Å². The molecule has 1 saturated carbocycles. The van der Waals surface area contributed by atoms with Crippen LogP contribution in [0, 0.1) is 5.92 Å². The molecule has 1 aliphatic carbocycles. The number of pyridine rings is 1. The molecule has 3 aromatic rings. The molecule has 6 rings (SSSR count). The number of amides is 1. The molecule has 1 atom stereocenters. The fourth-order valence-electron chi connectivity index (χ4n) is 5.07. The largest absolute Gasteiger partial charge is 0.377 e. The number of carbonyl (C=O) groups is 1. The molecule has 2 aliphatic heterocycles. The number of nitrogens with zero attached hydrogens (tertiary/aromatic N) is 5. The Hall–Kier alpha value is -3.00. The topological polar surface area (TPSA) is 87.2 Å². The summed E-state index contributed by atoms with van der Waals surface area (Å²) in [6, 6.07) is 4.19. The van der Waals surface area contributed by atoms with Crippen LogP contribution >= 0.6 is 0 Å². The average Bonchev–Trinajstić information content (AvgIpc) is 3.46. The van der Waals surface area contributed by atoms with Crippen molar-refractivity contribution in [1.29, 1.82) is 0 Å². The van der Waals surface area contributed by atoms with Gasteiger partial charge in [0.25, 0.3) is 0 Å². The lowest BCUT2D eigenvalue weighted by molar-refractivity contribution is -0.138. The van der Waals surface area contributed by atoms with Gasteiger partial charge in [-0.1, -0.05) is 0 Å². The number of rotatable bonds is 3. The standard InChI is InChI=1S/C24H28N6O2/c1-14-13-32-11-10-29(14)22-18-12-30(23(31)15-4-5-15)24(2,3)19(18)27-21(28-22)17-7-9-26-20-16(17)6-8-25-20/h6-9,14-15H,4-5,10-13H2,1-3H3,(H,25,26). The van der Waals surface area contributed by atoms with Gasteiger partial charge < -0.3 is 19.5 Å². The molecular formula is C24H28N6O2. The molecule has 1 N–H and O–H groups in total. The maximum atomic E-state index is 13.2. The fraction of sp³-hybridized carbons (Fsp3) is 0.500. The highest BCUT2D eigenvalue weighted by Crippen LogP contribution is 2.45. The number of ether oxygens (including phenoxy) is 1. The van der Waals surface area contributed by atoms with Gasteiger partial charge in [-0.3, -0.25) is 4.79 Å². The van der Waals surface area contributed by atoms with Crippen molar-refractivity contribution in [2.24, 2.45) is 5.92 Å². The third-order valence-electron chi connectivity index (χ3n) is 7.09. The second kappa shape index (κ2) is 7.00. The Bertz CT molecular complexity index is 1210. The normalized spacial score (nSPS) is 22.4. The number of hydrogen-bond acceptors (Lipinski definition) is 6. The molecule has 5 heterocycles. The van der Waals surface area contributed by atoms with E-state index in [-0.39, 0.29) is 17.9 Å². The van der Waals surface area contributed by atoms with Gasteiger partial charge in [-0.05, 0) is 45.7 Å². The first-order chi connectivity index (χ1) is 15.4. The summed E-state index contributed by atoms with van der Waals surface area (Å²) >= 11 is 0. The van der Waals surface area contributed by atoms with Crippen LogP contribution in [0.3, 0.4) is 0 Å². The minimum Gasteiger partial charge on any atom is -0.377 e. The van der Waals surface area contributed by atoms with E-state index in [4.69, 9.17) is 14.7 Å². The molecular weight excluding hydrogens is 404 g/mol. The van der Waals surface area contributed by atoms with E-state index < -0.39 is 5.54 Å². The third kappa shape index (κ3) is 2.92. The van der Waals surface area contributed by atoms with Crippen molar-refractivity contribution >= 4 is 22.8 Å². The summed E-state index contributed by atoms with van der Waals surface area (Å²) in [5.74, 6) is 2.02. The van der Waals surface area contributed by atoms with Crippen molar-refractivity contribution in [3.8, 4) is 11.4 Å². The zero-order valence-electron chi connectivity index (χ0n) is 18.8. The summed E-state index contributed by atoms with van der Waals surface area (Å²) in [5, 5.41) is 0.996. The van der Waals surface area contributed by atoms with Crippen molar-refractivity contribution in [2.75, 3.05) is 24.7 Å². The molecule has 8 heteroatoms. The van der Waals surface area contributed by atoms with Gasteiger partial charge in [-0.25, -0.2) is 15.0 Å². The van der Waals surface area contributed by atoms with Crippen LogP contribution in [0.4, 0.5) is 5.82 Å². The molecule has 1 amide bonds. The summed E-state index contributed by atoms with van der Waals surface area (Å²) in [7, 11) is 0. The molecule has 166 valence electrons. The number of aromatic amines is 1. The number of fused-ring (bicyclic) bond motifs is 2. The molecule has 1 unspecified atom stereocenters. The molecule has 1 saturated heterocycles. The Labute approximate surface area is 187 Å². The predicted octanol–water partition coefficient (Wildman–Crippen LogP) is 3.23. The Morgan fingerprint density at radius 1 is 1.25 bits per heavy atom. The molecule has 0 bridgehead atoms. The Morgan fingerprint density at radius 3 is 2.88 bits per heavy atom. The van der Waals surface area contributed by atoms with E-state index in [1.54, 1.807) is 6.20 Å². The van der Waals surface area contributed by atoms with Crippen molar-refractivity contribution in [2.45, 2.75) is 51.7 Å². The van der Waals surface area contributed by atoms with Gasteiger partial charge in [-0.2, -0.15) is 0 Å². The first-order valence-electron chi connectivity index (χ1n) is 11.4. The molecule has 0 aromatic carbocycles. The van der Waals surface area contributed by atoms with Crippen molar-refractivity contribution in [1.82, 2.24) is 24.8 Å². The number of anilines is 1. The van der Waals surface area contributed by atoms with Crippen molar-refractivity contribution in [3.05, 3.63) is 35.8 Å². The van der Waals surface area contributed by atoms with Gasteiger partial charge in [0.05, 0.1) is 37.0 Å². The number of morpholine rings is 1. The third-order valence-corrected chi connectivity index (χ3v) is 7.09. The quantitative estimate of drug-likeness (QED) is 0.684. The number of aromatic nitrogens is 4. The number of carbonyl (C=O) groups excluding carboxylic acids is 1. The molecule has 0 radical (unpaired) electrons. The van der Waals surface area contributed by atoms with Gasteiger partial charge >= 0.3 is 0 Å². The molecule has 3 aromatic heterocycles.